The predicted octanol–water partition coefficient (Wildman–Crippen LogP) is 2.93. The Labute approximate surface area is 176 Å². The van der Waals surface area contributed by atoms with Crippen LogP contribution in [0.5, 0.6) is 0 Å². The van der Waals surface area contributed by atoms with Gasteiger partial charge in [-0.25, -0.2) is 8.42 Å². The second-order valence-corrected chi connectivity index (χ2v) is 9.57. The molecule has 2 heterocycles. The number of aryl methyl sites for hydroxylation is 2. The minimum absolute atomic E-state index is 0.0680. The van der Waals surface area contributed by atoms with Gasteiger partial charge < -0.3 is 10.6 Å². The second kappa shape index (κ2) is 8.20. The van der Waals surface area contributed by atoms with Crippen LogP contribution in [0.4, 0.5) is 11.4 Å². The van der Waals surface area contributed by atoms with E-state index >= 15 is 0 Å². The SMILES string of the molecule is CCc1cccc(NC(=O)C2CCCN2S(=O)(=O)c2ccc3c(c2)CCC(=O)N3)c1. The molecule has 0 saturated carbocycles. The fourth-order valence-electron chi connectivity index (χ4n) is 4.04. The van der Waals surface area contributed by atoms with E-state index in [4.69, 9.17) is 0 Å². The molecule has 2 amide bonds. The number of nitrogens with zero attached hydrogens (tertiary/aromatic N) is 1. The zero-order valence-electron chi connectivity index (χ0n) is 16.8. The zero-order valence-corrected chi connectivity index (χ0v) is 17.7. The minimum atomic E-state index is -3.83. The molecule has 0 aromatic heterocycles. The van der Waals surface area contributed by atoms with Crippen molar-refractivity contribution in [3.8, 4) is 0 Å². The molecule has 0 aliphatic carbocycles. The molecule has 4 rings (SSSR count). The van der Waals surface area contributed by atoms with Gasteiger partial charge >= 0.3 is 0 Å². The van der Waals surface area contributed by atoms with Gasteiger partial charge in [0, 0.05) is 24.3 Å². The lowest BCUT2D eigenvalue weighted by Gasteiger charge is -2.24. The van der Waals surface area contributed by atoms with Gasteiger partial charge in [-0.05, 0) is 67.1 Å². The van der Waals surface area contributed by atoms with E-state index < -0.39 is 16.1 Å². The van der Waals surface area contributed by atoms with Crippen molar-refractivity contribution >= 4 is 33.2 Å². The van der Waals surface area contributed by atoms with Crippen LogP contribution >= 0.6 is 0 Å². The largest absolute Gasteiger partial charge is 0.326 e. The maximum atomic E-state index is 13.3. The number of benzene rings is 2. The van der Waals surface area contributed by atoms with Crippen LogP contribution in [0.3, 0.4) is 0 Å². The Balaban J connectivity index is 1.56. The Morgan fingerprint density at radius 3 is 2.83 bits per heavy atom. The van der Waals surface area contributed by atoms with E-state index in [1.54, 1.807) is 12.1 Å². The molecule has 1 atom stereocenters. The Morgan fingerprint density at radius 1 is 1.20 bits per heavy atom. The lowest BCUT2D eigenvalue weighted by Crippen LogP contribution is -2.43. The van der Waals surface area contributed by atoms with Gasteiger partial charge in [-0.2, -0.15) is 4.31 Å². The first-order valence-corrected chi connectivity index (χ1v) is 11.7. The minimum Gasteiger partial charge on any atom is -0.326 e. The summed E-state index contributed by atoms with van der Waals surface area (Å²) < 4.78 is 27.9. The summed E-state index contributed by atoms with van der Waals surface area (Å²) in [5.41, 5.74) is 3.22. The van der Waals surface area contributed by atoms with E-state index in [9.17, 15) is 18.0 Å². The monoisotopic (exact) mass is 427 g/mol. The molecule has 0 bridgehead atoms. The Morgan fingerprint density at radius 2 is 2.03 bits per heavy atom. The molecule has 158 valence electrons. The van der Waals surface area contributed by atoms with Crippen molar-refractivity contribution in [1.82, 2.24) is 4.31 Å². The smallest absolute Gasteiger partial charge is 0.243 e. The van der Waals surface area contributed by atoms with E-state index in [0.717, 1.165) is 17.5 Å². The zero-order chi connectivity index (χ0) is 21.3. The van der Waals surface area contributed by atoms with Crippen molar-refractivity contribution < 1.29 is 18.0 Å². The molecule has 2 aliphatic heterocycles. The summed E-state index contributed by atoms with van der Waals surface area (Å²) in [6, 6.07) is 11.6. The van der Waals surface area contributed by atoms with Gasteiger partial charge in [0.15, 0.2) is 0 Å². The van der Waals surface area contributed by atoms with Crippen LogP contribution in [0.25, 0.3) is 0 Å². The molecule has 30 heavy (non-hydrogen) atoms. The fourth-order valence-corrected chi connectivity index (χ4v) is 5.75. The van der Waals surface area contributed by atoms with Crippen molar-refractivity contribution in [1.29, 1.82) is 0 Å². The standard InChI is InChI=1S/C22H25N3O4S/c1-2-15-5-3-6-17(13-15)23-22(27)20-7-4-12-25(20)30(28,29)18-9-10-19-16(14-18)8-11-21(26)24-19/h3,5-6,9-10,13-14,20H,2,4,7-8,11-12H2,1H3,(H,23,27)(H,24,26). The van der Waals surface area contributed by atoms with Crippen molar-refractivity contribution in [3.05, 3.63) is 53.6 Å². The van der Waals surface area contributed by atoms with Crippen LogP contribution in [0.2, 0.25) is 0 Å². The Kier molecular flexibility index (Phi) is 5.62. The Hall–Kier alpha value is -2.71. The third kappa shape index (κ3) is 3.97. The first-order chi connectivity index (χ1) is 14.4. The van der Waals surface area contributed by atoms with E-state index in [2.05, 4.69) is 10.6 Å². The quantitative estimate of drug-likeness (QED) is 0.767. The first-order valence-electron chi connectivity index (χ1n) is 10.2. The lowest BCUT2D eigenvalue weighted by atomic mass is 10.0. The third-order valence-electron chi connectivity index (χ3n) is 5.69. The summed E-state index contributed by atoms with van der Waals surface area (Å²) in [6.45, 7) is 2.35. The van der Waals surface area contributed by atoms with Gasteiger partial charge in [-0.15, -0.1) is 0 Å². The number of anilines is 2. The maximum Gasteiger partial charge on any atom is 0.243 e. The number of carbonyl (C=O) groups is 2. The molecule has 1 fully saturated rings. The van der Waals surface area contributed by atoms with Gasteiger partial charge in [0.1, 0.15) is 6.04 Å². The molecular formula is C22H25N3O4S. The molecule has 8 heteroatoms. The highest BCUT2D eigenvalue weighted by Crippen LogP contribution is 2.31. The highest BCUT2D eigenvalue weighted by atomic mass is 32.2. The number of rotatable bonds is 5. The molecular weight excluding hydrogens is 402 g/mol. The second-order valence-electron chi connectivity index (χ2n) is 7.68. The van der Waals surface area contributed by atoms with Crippen LogP contribution in [0.1, 0.15) is 37.3 Å². The summed E-state index contributed by atoms with van der Waals surface area (Å²) in [6.07, 6.45) is 2.81. The molecule has 2 aliphatic rings. The molecule has 0 spiro atoms. The first kappa shape index (κ1) is 20.6. The van der Waals surface area contributed by atoms with E-state index in [-0.39, 0.29) is 16.7 Å². The number of hydrogen-bond donors (Lipinski definition) is 2. The van der Waals surface area contributed by atoms with Gasteiger partial charge in [-0.3, -0.25) is 9.59 Å². The summed E-state index contributed by atoms with van der Waals surface area (Å²) in [5.74, 6) is -0.379. The van der Waals surface area contributed by atoms with Crippen molar-refractivity contribution in [2.24, 2.45) is 0 Å². The summed E-state index contributed by atoms with van der Waals surface area (Å²) in [5, 5.41) is 5.63. The van der Waals surface area contributed by atoms with Crippen LogP contribution in [-0.4, -0.2) is 37.1 Å². The van der Waals surface area contributed by atoms with Gasteiger partial charge in [0.05, 0.1) is 4.90 Å². The van der Waals surface area contributed by atoms with Crippen LogP contribution in [0, 0.1) is 0 Å². The van der Waals surface area contributed by atoms with E-state index in [1.807, 2.05) is 31.2 Å². The summed E-state index contributed by atoms with van der Waals surface area (Å²) in [7, 11) is -3.83. The van der Waals surface area contributed by atoms with Gasteiger partial charge in [0.25, 0.3) is 0 Å². The van der Waals surface area contributed by atoms with Crippen LogP contribution in [-0.2, 0) is 32.5 Å². The number of hydrogen-bond acceptors (Lipinski definition) is 4. The van der Waals surface area contributed by atoms with Crippen LogP contribution < -0.4 is 10.6 Å². The highest BCUT2D eigenvalue weighted by molar-refractivity contribution is 7.89. The highest BCUT2D eigenvalue weighted by Gasteiger charge is 2.39. The van der Waals surface area contributed by atoms with Gasteiger partial charge in [-0.1, -0.05) is 19.1 Å². The molecule has 0 radical (unpaired) electrons. The third-order valence-corrected chi connectivity index (χ3v) is 7.59. The normalized spacial score (nSPS) is 19.2. The van der Waals surface area contributed by atoms with Crippen molar-refractivity contribution in [3.63, 3.8) is 0 Å². The summed E-state index contributed by atoms with van der Waals surface area (Å²) in [4.78, 5) is 24.6. The van der Waals surface area contributed by atoms with E-state index in [0.29, 0.717) is 43.6 Å². The molecule has 1 saturated heterocycles. The average Bonchev–Trinajstić information content (AvgIpc) is 3.24. The molecule has 2 aromatic rings. The van der Waals surface area contributed by atoms with E-state index in [1.165, 1.54) is 10.4 Å². The van der Waals surface area contributed by atoms with Crippen molar-refractivity contribution in [2.45, 2.75) is 50.0 Å². The van der Waals surface area contributed by atoms with Crippen LogP contribution in [0.15, 0.2) is 47.4 Å². The number of nitrogens with one attached hydrogen (secondary N) is 2. The topological polar surface area (TPSA) is 95.6 Å². The molecule has 1 unspecified atom stereocenters. The predicted molar refractivity (Wildman–Crippen MR) is 115 cm³/mol. The van der Waals surface area contributed by atoms with Gasteiger partial charge in [0.2, 0.25) is 21.8 Å². The maximum absolute atomic E-state index is 13.3. The summed E-state index contributed by atoms with van der Waals surface area (Å²) >= 11 is 0. The lowest BCUT2D eigenvalue weighted by molar-refractivity contribution is -0.119. The fraction of sp³-hybridized carbons (Fsp3) is 0.364. The number of sulfonamides is 1. The Bertz CT molecular complexity index is 1100. The number of amides is 2. The average molecular weight is 428 g/mol. The molecule has 7 nitrogen and oxygen atoms in total. The van der Waals surface area contributed by atoms with Crippen molar-refractivity contribution in [2.75, 3.05) is 17.2 Å². The molecule has 2 aromatic carbocycles. The number of fused-ring (bicyclic) bond motifs is 1. The molecule has 2 N–H and O–H groups in total. The number of carbonyl (C=O) groups excluding carboxylic acids is 2.